The van der Waals surface area contributed by atoms with Crippen molar-refractivity contribution < 1.29 is 9.39 Å². The minimum Gasteiger partial charge on any atom is -0.442 e. The molecule has 0 aromatic heterocycles. The number of ether oxygens (including phenoxy) is 1. The second-order valence-corrected chi connectivity index (χ2v) is 2.76. The molecule has 74 valence electrons. The van der Waals surface area contributed by atoms with Gasteiger partial charge in [-0.1, -0.05) is 18.2 Å². The minimum atomic E-state index is 0.671. The highest BCUT2D eigenvalue weighted by Gasteiger charge is 1.82. The summed E-state index contributed by atoms with van der Waals surface area (Å²) in [5.41, 5.74) is 0. The van der Waals surface area contributed by atoms with Gasteiger partial charge in [-0.25, -0.2) is 0 Å². The normalized spacial score (nSPS) is 10.8. The Hall–Kier alpha value is -0.535. The van der Waals surface area contributed by atoms with Gasteiger partial charge in [0.05, 0.1) is 19.8 Å². The first-order chi connectivity index (χ1) is 6.41. The zero-order valence-electron chi connectivity index (χ0n) is 8.50. The lowest BCUT2D eigenvalue weighted by Gasteiger charge is -1.98. The predicted octanol–water partition coefficient (Wildman–Crippen LogP) is 1.48. The van der Waals surface area contributed by atoms with Crippen molar-refractivity contribution in [3.05, 3.63) is 24.8 Å². The van der Waals surface area contributed by atoms with Crippen LogP contribution in [0.25, 0.3) is 0 Å². The van der Waals surface area contributed by atoms with Gasteiger partial charge in [-0.3, -0.25) is 0 Å². The molecule has 0 radical (unpaired) electrons. The lowest BCUT2D eigenvalue weighted by atomic mass is 10.2. The zero-order valence-corrected chi connectivity index (χ0v) is 8.50. The van der Waals surface area contributed by atoms with E-state index in [-0.39, 0.29) is 0 Å². The summed E-state index contributed by atoms with van der Waals surface area (Å²) in [6.45, 7) is 5.70. The van der Waals surface area contributed by atoms with Crippen LogP contribution in [0.4, 0.5) is 0 Å². The van der Waals surface area contributed by atoms with E-state index < -0.39 is 0 Å². The molecule has 0 aromatic carbocycles. The molecule has 0 bridgehead atoms. The fraction of sp³-hybridized carbons (Fsp3) is 0.600. The van der Waals surface area contributed by atoms with E-state index in [0.29, 0.717) is 19.8 Å². The van der Waals surface area contributed by atoms with Gasteiger partial charge in [-0.2, -0.15) is 0 Å². The smallest absolute Gasteiger partial charge is 0.257 e. The molecule has 0 saturated carbocycles. The molecule has 0 spiro atoms. The molecule has 0 amide bonds. The first kappa shape index (κ1) is 12.5. The van der Waals surface area contributed by atoms with Crippen LogP contribution in [0.15, 0.2) is 24.8 Å². The molecule has 0 atom stereocenters. The Labute approximate surface area is 82.1 Å². The fourth-order valence-corrected chi connectivity index (χ4v) is 0.860. The van der Waals surface area contributed by atoms with Crippen LogP contribution < -0.4 is 0 Å². The first-order valence-corrected chi connectivity index (χ1v) is 4.74. The van der Waals surface area contributed by atoms with E-state index in [1.807, 2.05) is 6.08 Å². The van der Waals surface area contributed by atoms with Crippen molar-refractivity contribution in [1.29, 1.82) is 0 Å². The summed E-state index contributed by atoms with van der Waals surface area (Å²) in [6.07, 6.45) is 9.53. The van der Waals surface area contributed by atoms with Gasteiger partial charge in [0.1, 0.15) is 0 Å². The predicted molar refractivity (Wildman–Crippen MR) is 58.5 cm³/mol. The molecule has 0 aliphatic rings. The molecular formula is C10H19BO2. The van der Waals surface area contributed by atoms with Crippen LogP contribution in [-0.2, 0) is 9.39 Å². The lowest BCUT2D eigenvalue weighted by molar-refractivity contribution is 0.125. The van der Waals surface area contributed by atoms with Gasteiger partial charge >= 0.3 is 0 Å². The van der Waals surface area contributed by atoms with Gasteiger partial charge in [-0.05, 0) is 19.3 Å². The second-order valence-electron chi connectivity index (χ2n) is 2.76. The van der Waals surface area contributed by atoms with Gasteiger partial charge in [0.25, 0.3) is 8.05 Å². The quantitative estimate of drug-likeness (QED) is 0.305. The maximum absolute atomic E-state index is 5.25. The third-order valence-electron chi connectivity index (χ3n) is 1.59. The van der Waals surface area contributed by atoms with E-state index in [0.717, 1.165) is 12.8 Å². The second kappa shape index (κ2) is 11.5. The Balaban J connectivity index is 2.98. The molecule has 0 N–H and O–H groups in total. The van der Waals surface area contributed by atoms with Gasteiger partial charge < -0.3 is 9.39 Å². The van der Waals surface area contributed by atoms with E-state index in [4.69, 9.17) is 9.39 Å². The number of hydrogen-bond donors (Lipinski definition) is 0. The minimum absolute atomic E-state index is 0.671. The van der Waals surface area contributed by atoms with Crippen LogP contribution in [0.3, 0.4) is 0 Å². The molecule has 13 heavy (non-hydrogen) atoms. The lowest BCUT2D eigenvalue weighted by Crippen LogP contribution is -2.01. The third kappa shape index (κ3) is 11.5. The Morgan fingerprint density at radius 2 is 2.00 bits per heavy atom. The van der Waals surface area contributed by atoms with E-state index in [2.05, 4.69) is 18.7 Å². The summed E-state index contributed by atoms with van der Waals surface area (Å²) in [7, 11) is 1.68. The molecular weight excluding hydrogens is 163 g/mol. The molecule has 3 heteroatoms. The highest BCUT2D eigenvalue weighted by Crippen LogP contribution is 1.96. The molecule has 0 saturated heterocycles. The summed E-state index contributed by atoms with van der Waals surface area (Å²) in [5, 5.41) is 0. The van der Waals surface area contributed by atoms with Gasteiger partial charge in [0.15, 0.2) is 0 Å². The van der Waals surface area contributed by atoms with Crippen molar-refractivity contribution in [2.75, 3.05) is 19.8 Å². The van der Waals surface area contributed by atoms with E-state index in [1.54, 1.807) is 8.05 Å². The van der Waals surface area contributed by atoms with Crippen LogP contribution >= 0.6 is 0 Å². The van der Waals surface area contributed by atoms with E-state index in [1.165, 1.54) is 6.42 Å². The SMILES string of the molecule is BOCCOCC=CCCCC=C. The summed E-state index contributed by atoms with van der Waals surface area (Å²) in [6, 6.07) is 0. The molecule has 0 heterocycles. The van der Waals surface area contributed by atoms with Crippen molar-refractivity contribution in [2.24, 2.45) is 0 Å². The first-order valence-electron chi connectivity index (χ1n) is 4.74. The van der Waals surface area contributed by atoms with Gasteiger partial charge in [0, 0.05) is 0 Å². The zero-order chi connectivity index (χ0) is 9.78. The standard InChI is InChI=1S/C10H19BO2/c1-2-3-4-5-6-7-8-12-9-10-13-11/h2,6-7H,1,3-5,8-11H2. The van der Waals surface area contributed by atoms with E-state index in [9.17, 15) is 0 Å². The van der Waals surface area contributed by atoms with Crippen LogP contribution in [0.5, 0.6) is 0 Å². The maximum Gasteiger partial charge on any atom is 0.257 e. The summed E-state index contributed by atoms with van der Waals surface area (Å²) in [4.78, 5) is 0. The molecule has 2 nitrogen and oxygen atoms in total. The average Bonchev–Trinajstić information content (AvgIpc) is 2.16. The Morgan fingerprint density at radius 3 is 2.69 bits per heavy atom. The summed E-state index contributed by atoms with van der Waals surface area (Å²) in [5.74, 6) is 0. The number of hydrogen-bond acceptors (Lipinski definition) is 2. The third-order valence-corrected chi connectivity index (χ3v) is 1.59. The maximum atomic E-state index is 5.25. The van der Waals surface area contributed by atoms with Gasteiger partial charge in [0.2, 0.25) is 0 Å². The molecule has 0 aromatic rings. The number of unbranched alkanes of at least 4 members (excludes halogenated alkanes) is 2. The fourth-order valence-electron chi connectivity index (χ4n) is 0.860. The van der Waals surface area contributed by atoms with Crippen molar-refractivity contribution >= 4 is 8.05 Å². The van der Waals surface area contributed by atoms with Crippen LogP contribution in [-0.4, -0.2) is 27.9 Å². The Kier molecular flexibility index (Phi) is 11.0. The van der Waals surface area contributed by atoms with Crippen LogP contribution in [0, 0.1) is 0 Å². The topological polar surface area (TPSA) is 18.5 Å². The number of allylic oxidation sites excluding steroid dienone is 2. The Bertz CT molecular complexity index is 135. The summed E-state index contributed by atoms with van der Waals surface area (Å²) >= 11 is 0. The van der Waals surface area contributed by atoms with Crippen molar-refractivity contribution in [1.82, 2.24) is 0 Å². The van der Waals surface area contributed by atoms with E-state index >= 15 is 0 Å². The van der Waals surface area contributed by atoms with Crippen molar-refractivity contribution in [2.45, 2.75) is 19.3 Å². The van der Waals surface area contributed by atoms with Crippen LogP contribution in [0.2, 0.25) is 0 Å². The monoisotopic (exact) mass is 182 g/mol. The van der Waals surface area contributed by atoms with Crippen molar-refractivity contribution in [3.63, 3.8) is 0 Å². The molecule has 0 aliphatic heterocycles. The molecule has 0 unspecified atom stereocenters. The van der Waals surface area contributed by atoms with Crippen molar-refractivity contribution in [3.8, 4) is 0 Å². The van der Waals surface area contributed by atoms with Crippen LogP contribution in [0.1, 0.15) is 19.3 Å². The Morgan fingerprint density at radius 1 is 1.15 bits per heavy atom. The molecule has 0 aliphatic carbocycles. The largest absolute Gasteiger partial charge is 0.442 e. The number of rotatable bonds is 9. The highest BCUT2D eigenvalue weighted by molar-refractivity contribution is 5.97. The van der Waals surface area contributed by atoms with Gasteiger partial charge in [-0.15, -0.1) is 6.58 Å². The highest BCUT2D eigenvalue weighted by atomic mass is 16.5. The molecule has 0 rings (SSSR count). The summed E-state index contributed by atoms with van der Waals surface area (Å²) < 4.78 is 10.1. The average molecular weight is 182 g/mol. The molecule has 0 fully saturated rings.